The maximum Gasteiger partial charge on any atom is 0.466 e. The standard InChI is InChI=1S/C6H10O3.CH6N4.H3O4P/c1(5-3-8-5)7-2-6-4-9-6;2-1(3)5-4;1-5(2,3)4/h5-6H,1-4H2;4H2,(H4,2,3,5);(H3,1,2,3,4). The van der Waals surface area contributed by atoms with Crippen molar-refractivity contribution in [1.29, 1.82) is 0 Å². The topological polar surface area (TPSA) is 202 Å². The number of nitrogens with two attached hydrogens (primary N) is 3. The SMILES string of the molecule is C(OCC1CO1)C1CO1.NN=C(N)N.O=P(O)(O)O. The lowest BCUT2D eigenvalue weighted by molar-refractivity contribution is 0.102. The molecule has 11 nitrogen and oxygen atoms in total. The molecule has 0 saturated carbocycles. The van der Waals surface area contributed by atoms with E-state index in [1.54, 1.807) is 0 Å². The molecule has 0 aromatic carbocycles. The zero-order valence-corrected chi connectivity index (χ0v) is 11.0. The van der Waals surface area contributed by atoms with Gasteiger partial charge in [-0.1, -0.05) is 0 Å². The molecule has 2 unspecified atom stereocenters. The first-order valence-electron chi connectivity index (χ1n) is 5.10. The van der Waals surface area contributed by atoms with E-state index in [1.807, 2.05) is 0 Å². The van der Waals surface area contributed by atoms with Gasteiger partial charge in [0.15, 0.2) is 0 Å². The number of hydrogen-bond donors (Lipinski definition) is 6. The first-order chi connectivity index (χ1) is 8.72. The smallest absolute Gasteiger partial charge is 0.376 e. The molecule has 12 heteroatoms. The maximum atomic E-state index is 8.88. The lowest BCUT2D eigenvalue weighted by Gasteiger charge is -1.95. The number of epoxide rings is 2. The molecule has 2 aliphatic heterocycles. The maximum absolute atomic E-state index is 8.88. The van der Waals surface area contributed by atoms with Crippen LogP contribution >= 0.6 is 7.82 Å². The monoisotopic (exact) mass is 302 g/mol. The molecule has 0 aromatic heterocycles. The molecule has 0 bridgehead atoms. The summed E-state index contributed by atoms with van der Waals surface area (Å²) in [7, 11) is -4.64. The van der Waals surface area contributed by atoms with Crippen LogP contribution in [0, 0.1) is 0 Å². The third-order valence-corrected chi connectivity index (χ3v) is 1.56. The number of hydrazone groups is 1. The molecule has 2 rings (SSSR count). The Balaban J connectivity index is 0.000000283. The van der Waals surface area contributed by atoms with Gasteiger partial charge in [0.2, 0.25) is 5.96 Å². The summed E-state index contributed by atoms with van der Waals surface area (Å²) in [4.78, 5) is 21.6. The van der Waals surface area contributed by atoms with Gasteiger partial charge in [0, 0.05) is 0 Å². The fourth-order valence-corrected chi connectivity index (χ4v) is 0.659. The van der Waals surface area contributed by atoms with Crippen LogP contribution in [0.5, 0.6) is 0 Å². The van der Waals surface area contributed by atoms with Crippen LogP contribution in [0.4, 0.5) is 0 Å². The lowest BCUT2D eigenvalue weighted by atomic mass is 10.5. The van der Waals surface area contributed by atoms with E-state index in [2.05, 4.69) is 10.9 Å². The van der Waals surface area contributed by atoms with E-state index in [1.165, 1.54) is 0 Å². The molecule has 114 valence electrons. The van der Waals surface area contributed by atoms with Crippen molar-refractivity contribution in [1.82, 2.24) is 0 Å². The molecule has 9 N–H and O–H groups in total. The van der Waals surface area contributed by atoms with Crippen LogP contribution in [0.3, 0.4) is 0 Å². The number of nitrogens with zero attached hydrogens (tertiary/aromatic N) is 1. The number of phosphoric acid groups is 1. The van der Waals surface area contributed by atoms with Gasteiger partial charge in [0.25, 0.3) is 0 Å². The molecule has 2 aliphatic rings. The van der Waals surface area contributed by atoms with Gasteiger partial charge in [-0.2, -0.15) is 0 Å². The summed E-state index contributed by atoms with van der Waals surface area (Å²) in [6.45, 7) is 3.26. The van der Waals surface area contributed by atoms with Crippen LogP contribution in [0.2, 0.25) is 0 Å². The Kier molecular flexibility index (Phi) is 8.59. The molecule has 2 fully saturated rings. The zero-order valence-electron chi connectivity index (χ0n) is 10.1. The highest BCUT2D eigenvalue weighted by Gasteiger charge is 2.26. The van der Waals surface area contributed by atoms with Crippen molar-refractivity contribution in [3.05, 3.63) is 0 Å². The third kappa shape index (κ3) is 22.7. The molecule has 2 atom stereocenters. The van der Waals surface area contributed by atoms with Gasteiger partial charge in [-0.15, -0.1) is 5.10 Å². The highest BCUT2D eigenvalue weighted by atomic mass is 31.2. The van der Waals surface area contributed by atoms with Crippen molar-refractivity contribution < 1.29 is 33.5 Å². The van der Waals surface area contributed by atoms with Gasteiger partial charge >= 0.3 is 7.82 Å². The highest BCUT2D eigenvalue weighted by Crippen LogP contribution is 2.25. The summed E-state index contributed by atoms with van der Waals surface area (Å²) in [6, 6.07) is 0. The van der Waals surface area contributed by atoms with Gasteiger partial charge in [-0.3, -0.25) is 0 Å². The van der Waals surface area contributed by atoms with Gasteiger partial charge < -0.3 is 46.2 Å². The molecule has 0 radical (unpaired) electrons. The minimum atomic E-state index is -4.64. The number of guanidine groups is 1. The molecule has 2 saturated heterocycles. The summed E-state index contributed by atoms with van der Waals surface area (Å²) in [5.74, 6) is 4.42. The largest absolute Gasteiger partial charge is 0.466 e. The number of hydrogen-bond acceptors (Lipinski definition) is 6. The van der Waals surface area contributed by atoms with Crippen molar-refractivity contribution in [3.8, 4) is 0 Å². The molecule has 19 heavy (non-hydrogen) atoms. The third-order valence-electron chi connectivity index (χ3n) is 1.56. The van der Waals surface area contributed by atoms with E-state index in [0.29, 0.717) is 12.2 Å². The number of rotatable bonds is 4. The van der Waals surface area contributed by atoms with E-state index in [-0.39, 0.29) is 5.96 Å². The fraction of sp³-hybridized carbons (Fsp3) is 0.857. The molecular weight excluding hydrogens is 283 g/mol. The average molecular weight is 302 g/mol. The molecule has 2 heterocycles. The minimum Gasteiger partial charge on any atom is -0.376 e. The Bertz CT molecular complexity index is 290. The molecule has 0 spiro atoms. The second kappa shape index (κ2) is 9.04. The Labute approximate surface area is 109 Å². The second-order valence-electron chi connectivity index (χ2n) is 3.52. The van der Waals surface area contributed by atoms with E-state index in [4.69, 9.17) is 44.9 Å². The van der Waals surface area contributed by atoms with Crippen LogP contribution in [0.15, 0.2) is 5.10 Å². The van der Waals surface area contributed by atoms with E-state index in [0.717, 1.165) is 26.4 Å². The predicted molar refractivity (Wildman–Crippen MR) is 64.6 cm³/mol. The summed E-state index contributed by atoms with van der Waals surface area (Å²) >= 11 is 0. The van der Waals surface area contributed by atoms with Crippen LogP contribution in [-0.4, -0.2) is 59.3 Å². The average Bonchev–Trinajstić information content (AvgIpc) is 3.10. The predicted octanol–water partition coefficient (Wildman–Crippen LogP) is -2.99. The Morgan fingerprint density at radius 1 is 1.21 bits per heavy atom. The van der Waals surface area contributed by atoms with Crippen molar-refractivity contribution in [2.75, 3.05) is 26.4 Å². The Hall–Kier alpha value is -0.940. The zero-order chi connectivity index (χ0) is 14.9. The summed E-state index contributed by atoms with van der Waals surface area (Å²) in [5.41, 5.74) is 9.39. The Morgan fingerprint density at radius 3 is 1.63 bits per heavy atom. The normalized spacial score (nSPS) is 23.1. The molecule has 0 amide bonds. The second-order valence-corrected chi connectivity index (χ2v) is 4.54. The van der Waals surface area contributed by atoms with Crippen LogP contribution in [0.1, 0.15) is 0 Å². The van der Waals surface area contributed by atoms with Gasteiger partial charge in [-0.25, -0.2) is 4.57 Å². The van der Waals surface area contributed by atoms with Crippen LogP contribution < -0.4 is 17.3 Å². The number of ether oxygens (including phenoxy) is 3. The van der Waals surface area contributed by atoms with Crippen molar-refractivity contribution in [2.45, 2.75) is 12.2 Å². The summed E-state index contributed by atoms with van der Waals surface area (Å²) in [5, 5.41) is 2.86. The van der Waals surface area contributed by atoms with Crippen LogP contribution in [-0.2, 0) is 18.8 Å². The summed E-state index contributed by atoms with van der Waals surface area (Å²) < 4.78 is 24.0. The van der Waals surface area contributed by atoms with Crippen molar-refractivity contribution in [3.63, 3.8) is 0 Å². The van der Waals surface area contributed by atoms with Crippen LogP contribution in [0.25, 0.3) is 0 Å². The van der Waals surface area contributed by atoms with Gasteiger partial charge in [-0.05, 0) is 0 Å². The van der Waals surface area contributed by atoms with Crippen molar-refractivity contribution in [2.24, 2.45) is 22.4 Å². The molecule has 0 aromatic rings. The highest BCUT2D eigenvalue weighted by molar-refractivity contribution is 7.45. The first-order valence-corrected chi connectivity index (χ1v) is 6.67. The van der Waals surface area contributed by atoms with Crippen molar-refractivity contribution >= 4 is 13.8 Å². The molecule has 0 aliphatic carbocycles. The van der Waals surface area contributed by atoms with Gasteiger partial charge in [0.05, 0.1) is 26.4 Å². The van der Waals surface area contributed by atoms with Gasteiger partial charge in [0.1, 0.15) is 12.2 Å². The van der Waals surface area contributed by atoms with E-state index < -0.39 is 7.82 Å². The Morgan fingerprint density at radius 2 is 1.47 bits per heavy atom. The van der Waals surface area contributed by atoms with E-state index in [9.17, 15) is 0 Å². The quantitative estimate of drug-likeness (QED) is 0.0775. The van der Waals surface area contributed by atoms with E-state index >= 15 is 0 Å². The lowest BCUT2D eigenvalue weighted by Crippen LogP contribution is -2.23. The minimum absolute atomic E-state index is 0.0926. The molecular formula is C7H19N4O7P. The fourth-order valence-electron chi connectivity index (χ4n) is 0.659. The first kappa shape index (κ1) is 18.1. The summed E-state index contributed by atoms with van der Waals surface area (Å²) in [6.07, 6.45) is 0.785.